The van der Waals surface area contributed by atoms with Crippen molar-refractivity contribution in [2.75, 3.05) is 18.4 Å². The molecule has 2 saturated heterocycles. The first kappa shape index (κ1) is 43.8. The van der Waals surface area contributed by atoms with Gasteiger partial charge in [-0.2, -0.15) is 0 Å². The monoisotopic (exact) mass is 747 g/mol. The first-order valence-corrected chi connectivity index (χ1v) is 18.5. The number of aliphatic hydroxyl groups is 3. The van der Waals surface area contributed by atoms with Crippen LogP contribution in [-0.2, 0) is 35.1 Å². The van der Waals surface area contributed by atoms with E-state index >= 15 is 0 Å². The van der Waals surface area contributed by atoms with Crippen molar-refractivity contribution in [1.29, 1.82) is 0 Å². The number of amides is 4. The Hall–Kier alpha value is -3.59. The van der Waals surface area contributed by atoms with E-state index in [1.54, 1.807) is 12.1 Å². The molecule has 298 valence electrons. The van der Waals surface area contributed by atoms with E-state index in [2.05, 4.69) is 52.2 Å². The summed E-state index contributed by atoms with van der Waals surface area (Å²) >= 11 is 0. The molecule has 4 amide bonds. The van der Waals surface area contributed by atoms with Gasteiger partial charge in [0.2, 0.25) is 29.9 Å². The number of rotatable bonds is 16. The molecule has 2 unspecified atom stereocenters. The fraction of sp³-hybridized carbons (Fsp3) is 0.718. The maximum absolute atomic E-state index is 13.0. The lowest BCUT2D eigenvalue weighted by atomic mass is 9.79. The summed E-state index contributed by atoms with van der Waals surface area (Å²) in [6.45, 7) is 18.8. The summed E-state index contributed by atoms with van der Waals surface area (Å²) in [4.78, 5) is 64.1. The fourth-order valence-electron chi connectivity index (χ4n) is 6.93. The van der Waals surface area contributed by atoms with E-state index in [4.69, 9.17) is 9.47 Å². The van der Waals surface area contributed by atoms with Crippen LogP contribution in [0.1, 0.15) is 106 Å². The molecule has 0 spiro atoms. The Morgan fingerprint density at radius 1 is 0.962 bits per heavy atom. The second-order valence-electron chi connectivity index (χ2n) is 17.8. The summed E-state index contributed by atoms with van der Waals surface area (Å²) in [7, 11) is 0. The Bertz CT molecular complexity index is 1480. The topological polar surface area (TPSA) is 212 Å². The van der Waals surface area contributed by atoms with Gasteiger partial charge in [0.15, 0.2) is 6.10 Å². The number of hydrogen-bond acceptors (Lipinski definition) is 10. The zero-order chi connectivity index (χ0) is 40.1. The minimum absolute atomic E-state index is 0.0430. The molecular formula is C39H61N3O11. The molecule has 0 bridgehead atoms. The quantitative estimate of drug-likeness (QED) is 0.134. The molecule has 1 aromatic rings. The Morgan fingerprint density at radius 2 is 1.62 bits per heavy atom. The molecule has 53 heavy (non-hydrogen) atoms. The summed E-state index contributed by atoms with van der Waals surface area (Å²) < 4.78 is 11.0. The highest BCUT2D eigenvalue weighted by Gasteiger charge is 2.48. The van der Waals surface area contributed by atoms with Gasteiger partial charge in [-0.05, 0) is 65.5 Å². The van der Waals surface area contributed by atoms with E-state index < -0.39 is 42.6 Å². The number of carbonyl (C=O) groups is 5. The van der Waals surface area contributed by atoms with Gasteiger partial charge in [-0.25, -0.2) is 4.79 Å². The Balaban J connectivity index is 1.51. The number of carbonyl (C=O) groups excluding carboxylic acids is 4. The van der Waals surface area contributed by atoms with Gasteiger partial charge in [-0.15, -0.1) is 0 Å². The molecule has 1 aromatic carbocycles. The Morgan fingerprint density at radius 3 is 2.21 bits per heavy atom. The van der Waals surface area contributed by atoms with Crippen molar-refractivity contribution in [1.82, 2.24) is 10.2 Å². The maximum atomic E-state index is 13.0. The smallest absolute Gasteiger partial charge is 0.335 e. The van der Waals surface area contributed by atoms with Gasteiger partial charge in [-0.1, -0.05) is 68.4 Å². The molecule has 14 heteroatoms. The number of aliphatic hydroxyl groups excluding tert-OH is 3. The number of imide groups is 1. The van der Waals surface area contributed by atoms with E-state index in [9.17, 15) is 44.4 Å². The molecular weight excluding hydrogens is 686 g/mol. The molecule has 3 rings (SSSR count). The number of nitrogens with zero attached hydrogens (tertiary/aromatic N) is 1. The number of ether oxygens (including phenoxy) is 2. The highest BCUT2D eigenvalue weighted by atomic mass is 16.7. The summed E-state index contributed by atoms with van der Waals surface area (Å²) in [5, 5.41) is 45.6. The molecule has 6 N–H and O–H groups in total. The number of anilines is 1. The van der Waals surface area contributed by atoms with Crippen molar-refractivity contribution in [2.45, 2.75) is 138 Å². The largest absolute Gasteiger partial charge is 0.479 e. The Labute approximate surface area is 313 Å². The third-order valence-electron chi connectivity index (χ3n) is 9.85. The van der Waals surface area contributed by atoms with Crippen molar-refractivity contribution >= 4 is 35.3 Å². The van der Waals surface area contributed by atoms with Crippen LogP contribution in [0.5, 0.6) is 5.75 Å². The van der Waals surface area contributed by atoms with Crippen LogP contribution < -0.4 is 15.4 Å². The minimum Gasteiger partial charge on any atom is -0.479 e. The maximum Gasteiger partial charge on any atom is 0.335 e. The van der Waals surface area contributed by atoms with Gasteiger partial charge in [0.25, 0.3) is 0 Å². The molecule has 2 fully saturated rings. The lowest BCUT2D eigenvalue weighted by Gasteiger charge is -2.38. The summed E-state index contributed by atoms with van der Waals surface area (Å²) in [5.41, 5.74) is 0.568. The minimum atomic E-state index is -1.88. The lowest BCUT2D eigenvalue weighted by Crippen LogP contribution is -2.61. The fourth-order valence-corrected chi connectivity index (χ4v) is 6.93. The molecule has 0 saturated carbocycles. The molecule has 0 aromatic heterocycles. The van der Waals surface area contributed by atoms with Crippen molar-refractivity contribution < 1.29 is 53.9 Å². The van der Waals surface area contributed by atoms with Gasteiger partial charge in [0.05, 0.1) is 11.6 Å². The van der Waals surface area contributed by atoms with Crippen LogP contribution in [0.4, 0.5) is 5.69 Å². The predicted molar refractivity (Wildman–Crippen MR) is 196 cm³/mol. The van der Waals surface area contributed by atoms with Gasteiger partial charge in [-0.3, -0.25) is 24.1 Å². The standard InChI is InChI=1S/C39H61N3O11/c1-22(20-39(8,9)15-17-42-29(45)19-24(34(42)49)38(5,6)7)10-13-27(43)40-16-14-28(44)41-25-18-23(21-37(2,3)4)11-12-26(25)52-36-32(48)30(46)31(47)33(53-36)35(50)51/h11-12,18,22,24,30-33,36,46-48H,10,13-17,19-21H2,1-9H3,(H,40,43)(H,41,44)(H,50,51)/t22?,24?,30-,31-,32+,33-,36+/m0/s1. The van der Waals surface area contributed by atoms with Crippen LogP contribution in [0.15, 0.2) is 18.2 Å². The van der Waals surface area contributed by atoms with Crippen LogP contribution in [0.25, 0.3) is 0 Å². The van der Waals surface area contributed by atoms with E-state index in [-0.39, 0.29) is 83.0 Å². The van der Waals surface area contributed by atoms with Crippen LogP contribution in [0.3, 0.4) is 0 Å². The van der Waals surface area contributed by atoms with E-state index in [0.29, 0.717) is 25.8 Å². The SMILES string of the molecule is CC(CCC(=O)NCCC(=O)Nc1cc(CC(C)(C)C)ccc1O[C@@H]1O[C@H](C(=O)O)[C@@H](O)[C@H](O)[C@H]1O)CC(C)(C)CCN1C(=O)CC(C(C)(C)C)C1=O. The number of hydrogen-bond donors (Lipinski definition) is 6. The summed E-state index contributed by atoms with van der Waals surface area (Å²) in [5.74, 6) is -2.44. The first-order chi connectivity index (χ1) is 24.4. The number of carboxylic acid groups (broad SMARTS) is 1. The number of benzene rings is 1. The number of nitrogens with one attached hydrogen (secondary N) is 2. The van der Waals surface area contributed by atoms with Gasteiger partial charge in [0, 0.05) is 32.4 Å². The second kappa shape index (κ2) is 17.7. The van der Waals surface area contributed by atoms with E-state index in [0.717, 1.165) is 12.0 Å². The lowest BCUT2D eigenvalue weighted by molar-refractivity contribution is -0.271. The average molecular weight is 748 g/mol. The predicted octanol–water partition coefficient (Wildman–Crippen LogP) is 3.63. The van der Waals surface area contributed by atoms with Crippen LogP contribution in [0.2, 0.25) is 0 Å². The highest BCUT2D eigenvalue weighted by Crippen LogP contribution is 2.38. The van der Waals surface area contributed by atoms with E-state index in [1.807, 2.05) is 20.8 Å². The summed E-state index contributed by atoms with van der Waals surface area (Å²) in [6.07, 6.45) is -5.83. The van der Waals surface area contributed by atoms with E-state index in [1.165, 1.54) is 11.0 Å². The van der Waals surface area contributed by atoms with Crippen molar-refractivity contribution in [3.8, 4) is 5.75 Å². The zero-order valence-electron chi connectivity index (χ0n) is 32.7. The highest BCUT2D eigenvalue weighted by molar-refractivity contribution is 6.03. The van der Waals surface area contributed by atoms with Crippen LogP contribution in [0, 0.1) is 28.1 Å². The van der Waals surface area contributed by atoms with Gasteiger partial charge in [0.1, 0.15) is 24.1 Å². The molecule has 2 aliphatic heterocycles. The molecule has 7 atom stereocenters. The van der Waals surface area contributed by atoms with Crippen LogP contribution in [-0.4, -0.2) is 98.7 Å². The molecule has 0 aliphatic carbocycles. The molecule has 2 aliphatic rings. The number of carboxylic acids is 1. The molecule has 2 heterocycles. The van der Waals surface area contributed by atoms with Gasteiger partial charge < -0.3 is 40.5 Å². The average Bonchev–Trinajstić information content (AvgIpc) is 3.32. The van der Waals surface area contributed by atoms with Crippen molar-refractivity contribution in [2.24, 2.45) is 28.1 Å². The summed E-state index contributed by atoms with van der Waals surface area (Å²) in [6, 6.07) is 4.99. The van der Waals surface area contributed by atoms with Crippen molar-refractivity contribution in [3.63, 3.8) is 0 Å². The Kier molecular flexibility index (Phi) is 14.6. The number of aliphatic carboxylic acids is 1. The van der Waals surface area contributed by atoms with Crippen LogP contribution >= 0.6 is 0 Å². The third-order valence-corrected chi connectivity index (χ3v) is 9.85. The van der Waals surface area contributed by atoms with Gasteiger partial charge >= 0.3 is 5.97 Å². The normalized spacial score (nSPS) is 24.6. The van der Waals surface area contributed by atoms with Crippen molar-refractivity contribution in [3.05, 3.63) is 23.8 Å². The number of likely N-dealkylation sites (tertiary alicyclic amines) is 1. The molecule has 0 radical (unpaired) electrons. The zero-order valence-corrected chi connectivity index (χ0v) is 32.7. The molecule has 14 nitrogen and oxygen atoms in total. The third kappa shape index (κ3) is 12.8. The first-order valence-electron chi connectivity index (χ1n) is 18.5. The second-order valence-corrected chi connectivity index (χ2v) is 17.8.